The van der Waals surface area contributed by atoms with Crippen LogP contribution in [0.15, 0.2) is 59.5 Å². The van der Waals surface area contributed by atoms with Crippen molar-refractivity contribution in [1.29, 1.82) is 5.26 Å². The van der Waals surface area contributed by atoms with Crippen molar-refractivity contribution in [2.75, 3.05) is 0 Å². The zero-order chi connectivity index (χ0) is 18.4. The van der Waals surface area contributed by atoms with Crippen molar-refractivity contribution in [3.63, 3.8) is 0 Å². The summed E-state index contributed by atoms with van der Waals surface area (Å²) in [7, 11) is 0. The maximum atomic E-state index is 12.4. The first kappa shape index (κ1) is 19.1. The fraction of sp³-hybridized carbons (Fsp3) is 0.333. The minimum absolute atomic E-state index is 0.0452. The van der Waals surface area contributed by atoms with Gasteiger partial charge in [0.15, 0.2) is 0 Å². The van der Waals surface area contributed by atoms with Crippen LogP contribution in [0.5, 0.6) is 0 Å². The zero-order valence-corrected chi connectivity index (χ0v) is 15.9. The highest BCUT2D eigenvalue weighted by Gasteiger charge is 2.31. The fourth-order valence-corrected chi connectivity index (χ4v) is 3.14. The summed E-state index contributed by atoms with van der Waals surface area (Å²) in [5.74, 6) is -0.0707. The van der Waals surface area contributed by atoms with Crippen molar-refractivity contribution in [2.45, 2.75) is 43.4 Å². The summed E-state index contributed by atoms with van der Waals surface area (Å²) < 4.78 is 0. The first-order chi connectivity index (χ1) is 11.9. The smallest absolute Gasteiger partial charge is 0.234 e. The number of carbonyl (C=O) groups is 1. The van der Waals surface area contributed by atoms with Crippen molar-refractivity contribution >= 4 is 17.7 Å². The van der Waals surface area contributed by atoms with Gasteiger partial charge in [-0.25, -0.2) is 0 Å². The molecule has 0 saturated heterocycles. The van der Waals surface area contributed by atoms with Gasteiger partial charge in [0, 0.05) is 4.90 Å². The summed E-state index contributed by atoms with van der Waals surface area (Å²) in [6, 6.07) is 20.6. The molecule has 0 aromatic heterocycles. The SMILES string of the molecule is CC(Sc1ccc(-c2ccccc2)cc1)C(=O)NC(C)(C#N)C(C)C. The van der Waals surface area contributed by atoms with Gasteiger partial charge in [-0.2, -0.15) is 5.26 Å². The van der Waals surface area contributed by atoms with Crippen LogP contribution in [0.25, 0.3) is 11.1 Å². The van der Waals surface area contributed by atoms with E-state index in [9.17, 15) is 10.1 Å². The molecule has 0 aliphatic heterocycles. The lowest BCUT2D eigenvalue weighted by atomic mass is 9.90. The third kappa shape index (κ3) is 4.87. The summed E-state index contributed by atoms with van der Waals surface area (Å²) >= 11 is 1.50. The molecule has 2 aromatic rings. The second-order valence-electron chi connectivity index (χ2n) is 6.61. The number of thioether (sulfide) groups is 1. The summed E-state index contributed by atoms with van der Waals surface area (Å²) in [5.41, 5.74) is 1.48. The normalized spacial score (nSPS) is 14.4. The van der Waals surface area contributed by atoms with E-state index in [-0.39, 0.29) is 17.1 Å². The number of rotatable bonds is 6. The van der Waals surface area contributed by atoms with E-state index < -0.39 is 5.54 Å². The molecule has 2 aromatic carbocycles. The van der Waals surface area contributed by atoms with E-state index in [4.69, 9.17) is 0 Å². The lowest BCUT2D eigenvalue weighted by molar-refractivity contribution is -0.121. The number of nitrogens with one attached hydrogen (secondary N) is 1. The van der Waals surface area contributed by atoms with Gasteiger partial charge < -0.3 is 5.32 Å². The molecule has 0 fully saturated rings. The van der Waals surface area contributed by atoms with Crippen molar-refractivity contribution in [1.82, 2.24) is 5.32 Å². The van der Waals surface area contributed by atoms with E-state index >= 15 is 0 Å². The summed E-state index contributed by atoms with van der Waals surface area (Å²) in [6.07, 6.45) is 0. The second-order valence-corrected chi connectivity index (χ2v) is 8.02. The molecule has 2 unspecified atom stereocenters. The molecule has 0 saturated carbocycles. The van der Waals surface area contributed by atoms with E-state index in [2.05, 4.69) is 35.7 Å². The van der Waals surface area contributed by atoms with Crippen LogP contribution in [0.1, 0.15) is 27.7 Å². The molecule has 1 N–H and O–H groups in total. The molecule has 3 nitrogen and oxygen atoms in total. The Kier molecular flexibility index (Phi) is 6.27. The number of hydrogen-bond donors (Lipinski definition) is 1. The van der Waals surface area contributed by atoms with Crippen LogP contribution in [-0.2, 0) is 4.79 Å². The molecule has 0 aliphatic rings. The van der Waals surface area contributed by atoms with Crippen LogP contribution in [0.2, 0.25) is 0 Å². The first-order valence-electron chi connectivity index (χ1n) is 8.41. The first-order valence-corrected chi connectivity index (χ1v) is 9.29. The molecule has 25 heavy (non-hydrogen) atoms. The highest BCUT2D eigenvalue weighted by Crippen LogP contribution is 2.27. The maximum absolute atomic E-state index is 12.4. The van der Waals surface area contributed by atoms with Crippen LogP contribution in [0, 0.1) is 17.2 Å². The minimum Gasteiger partial charge on any atom is -0.337 e. The minimum atomic E-state index is -0.844. The molecule has 2 rings (SSSR count). The predicted octanol–water partition coefficient (Wildman–Crippen LogP) is 4.89. The molecular weight excluding hydrogens is 328 g/mol. The van der Waals surface area contributed by atoms with E-state index in [1.165, 1.54) is 17.3 Å². The van der Waals surface area contributed by atoms with Gasteiger partial charge in [0.1, 0.15) is 5.54 Å². The Balaban J connectivity index is 2.02. The van der Waals surface area contributed by atoms with Gasteiger partial charge in [-0.1, -0.05) is 56.3 Å². The standard InChI is InChI=1S/C21H24N2OS/c1-15(2)21(4,14-22)23-20(24)16(3)25-19-12-10-18(11-13-19)17-8-6-5-7-9-17/h5-13,15-16H,1-4H3,(H,23,24). The Morgan fingerprint density at radius 2 is 1.60 bits per heavy atom. The predicted molar refractivity (Wildman–Crippen MR) is 104 cm³/mol. The number of nitrogens with zero attached hydrogens (tertiary/aromatic N) is 1. The number of hydrogen-bond acceptors (Lipinski definition) is 3. The number of amides is 1. The Hall–Kier alpha value is -2.25. The van der Waals surface area contributed by atoms with Crippen LogP contribution >= 0.6 is 11.8 Å². The second kappa shape index (κ2) is 8.22. The van der Waals surface area contributed by atoms with Gasteiger partial charge >= 0.3 is 0 Å². The molecule has 0 spiro atoms. The quantitative estimate of drug-likeness (QED) is 0.753. The van der Waals surface area contributed by atoms with Gasteiger partial charge in [0.25, 0.3) is 0 Å². The molecule has 0 aliphatic carbocycles. The highest BCUT2D eigenvalue weighted by atomic mass is 32.2. The number of nitriles is 1. The van der Waals surface area contributed by atoms with Gasteiger partial charge in [-0.05, 0) is 43.0 Å². The number of carbonyl (C=O) groups excluding carboxylic acids is 1. The summed E-state index contributed by atoms with van der Waals surface area (Å²) in [4.78, 5) is 13.5. The van der Waals surface area contributed by atoms with Crippen LogP contribution in [-0.4, -0.2) is 16.7 Å². The molecule has 1 amide bonds. The fourth-order valence-electron chi connectivity index (χ4n) is 2.27. The van der Waals surface area contributed by atoms with Crippen molar-refractivity contribution in [2.24, 2.45) is 5.92 Å². The van der Waals surface area contributed by atoms with E-state index in [0.717, 1.165) is 10.5 Å². The van der Waals surface area contributed by atoms with Gasteiger partial charge in [0.05, 0.1) is 11.3 Å². The van der Waals surface area contributed by atoms with Crippen molar-refractivity contribution in [3.8, 4) is 17.2 Å². The molecule has 0 bridgehead atoms. The monoisotopic (exact) mass is 352 g/mol. The van der Waals surface area contributed by atoms with Crippen LogP contribution < -0.4 is 5.32 Å². The van der Waals surface area contributed by atoms with Gasteiger partial charge in [0.2, 0.25) is 5.91 Å². The maximum Gasteiger partial charge on any atom is 0.234 e. The van der Waals surface area contributed by atoms with Crippen LogP contribution in [0.3, 0.4) is 0 Å². The Morgan fingerprint density at radius 3 is 2.12 bits per heavy atom. The van der Waals surface area contributed by atoms with Gasteiger partial charge in [-0.15, -0.1) is 11.8 Å². The Labute approximate surface area is 154 Å². The third-order valence-electron chi connectivity index (χ3n) is 4.41. The summed E-state index contributed by atoms with van der Waals surface area (Å²) in [5, 5.41) is 12.0. The Bertz CT molecular complexity index is 750. The van der Waals surface area contributed by atoms with Gasteiger partial charge in [-0.3, -0.25) is 4.79 Å². The molecule has 2 atom stereocenters. The molecule has 4 heteroatoms. The third-order valence-corrected chi connectivity index (χ3v) is 5.53. The van der Waals surface area contributed by atoms with E-state index in [1.54, 1.807) is 6.92 Å². The lowest BCUT2D eigenvalue weighted by Crippen LogP contribution is -2.51. The molecule has 0 radical (unpaired) electrons. The van der Waals surface area contributed by atoms with Crippen molar-refractivity contribution in [3.05, 3.63) is 54.6 Å². The summed E-state index contributed by atoms with van der Waals surface area (Å²) in [6.45, 7) is 7.50. The molecule has 0 heterocycles. The average Bonchev–Trinajstić information content (AvgIpc) is 2.62. The Morgan fingerprint density at radius 1 is 1.04 bits per heavy atom. The zero-order valence-electron chi connectivity index (χ0n) is 15.1. The largest absolute Gasteiger partial charge is 0.337 e. The van der Waals surface area contributed by atoms with E-state index in [1.807, 2.05) is 51.1 Å². The van der Waals surface area contributed by atoms with Crippen LogP contribution in [0.4, 0.5) is 0 Å². The lowest BCUT2D eigenvalue weighted by Gasteiger charge is -2.28. The average molecular weight is 353 g/mol. The van der Waals surface area contributed by atoms with Crippen molar-refractivity contribution < 1.29 is 4.79 Å². The topological polar surface area (TPSA) is 52.9 Å². The number of benzene rings is 2. The molecule has 130 valence electrons. The highest BCUT2D eigenvalue weighted by molar-refractivity contribution is 8.00. The van der Waals surface area contributed by atoms with E-state index in [0.29, 0.717) is 0 Å². The molecular formula is C21H24N2OS.